The zero-order valence-corrected chi connectivity index (χ0v) is 16.0. The highest BCUT2D eigenvalue weighted by Crippen LogP contribution is 2.29. The van der Waals surface area contributed by atoms with Gasteiger partial charge in [0.1, 0.15) is 18.5 Å². The summed E-state index contributed by atoms with van der Waals surface area (Å²) in [6, 6.07) is 15.0. The predicted octanol–water partition coefficient (Wildman–Crippen LogP) is 2.64. The van der Waals surface area contributed by atoms with Gasteiger partial charge in [0, 0.05) is 0 Å². The van der Waals surface area contributed by atoms with Gasteiger partial charge in [0.2, 0.25) is 0 Å². The molecule has 6 nitrogen and oxygen atoms in total. The van der Waals surface area contributed by atoms with Crippen molar-refractivity contribution in [1.29, 1.82) is 0 Å². The lowest BCUT2D eigenvalue weighted by Gasteiger charge is -2.20. The fourth-order valence-corrected chi connectivity index (χ4v) is 3.87. The predicted molar refractivity (Wildman–Crippen MR) is 109 cm³/mol. The van der Waals surface area contributed by atoms with Gasteiger partial charge in [-0.1, -0.05) is 36.4 Å². The first-order valence-electron chi connectivity index (χ1n) is 9.80. The molecule has 28 heavy (non-hydrogen) atoms. The smallest absolute Gasteiger partial charge is 0.313 e. The molecule has 0 radical (unpaired) electrons. The summed E-state index contributed by atoms with van der Waals surface area (Å²) in [5.41, 5.74) is 14.6. The van der Waals surface area contributed by atoms with Crippen LogP contribution in [0.1, 0.15) is 42.1 Å². The third-order valence-electron chi connectivity index (χ3n) is 5.25. The Morgan fingerprint density at radius 2 is 2.00 bits per heavy atom. The summed E-state index contributed by atoms with van der Waals surface area (Å²) in [5, 5.41) is 13.0. The second kappa shape index (κ2) is 9.57. The van der Waals surface area contributed by atoms with Crippen molar-refractivity contribution in [3.63, 3.8) is 0 Å². The number of carbonyl (C=O) groups is 1. The first-order chi connectivity index (χ1) is 13.5. The van der Waals surface area contributed by atoms with E-state index in [-0.39, 0.29) is 0 Å². The van der Waals surface area contributed by atoms with Crippen LogP contribution in [0.25, 0.3) is 0 Å². The molecule has 1 aliphatic rings. The third kappa shape index (κ3) is 5.71. The van der Waals surface area contributed by atoms with E-state index in [0.29, 0.717) is 18.9 Å². The Morgan fingerprint density at radius 3 is 2.75 bits per heavy atom. The average molecular weight is 383 g/mol. The standard InChI is InChI=1S/C22H29N3O3/c23-21(25-22(24)27)17-10-9-16-6-4-5-15(11-18(16)13-17)12-19(26)14-28-20-7-2-1-3-8-20/h1-3,7-10,13,15,19,21,26H,4-6,11-12,14,23H2,(H3,24,25,27)/t15?,19-,21?/m0/s1. The molecule has 1 aliphatic carbocycles. The van der Waals surface area contributed by atoms with Crippen LogP contribution >= 0.6 is 0 Å². The van der Waals surface area contributed by atoms with Gasteiger partial charge in [0.05, 0.1) is 6.10 Å². The number of aryl methyl sites for hydroxylation is 1. The van der Waals surface area contributed by atoms with E-state index in [1.54, 1.807) is 0 Å². The molecule has 3 rings (SSSR count). The van der Waals surface area contributed by atoms with Gasteiger partial charge in [-0.15, -0.1) is 0 Å². The fraction of sp³-hybridized carbons (Fsp3) is 0.409. The Balaban J connectivity index is 1.60. The number of aliphatic hydroxyl groups excluding tert-OH is 1. The van der Waals surface area contributed by atoms with Crippen LogP contribution in [0.5, 0.6) is 5.75 Å². The monoisotopic (exact) mass is 383 g/mol. The number of aliphatic hydroxyl groups is 1. The van der Waals surface area contributed by atoms with Gasteiger partial charge in [-0.05, 0) is 66.8 Å². The minimum Gasteiger partial charge on any atom is -0.491 e. The van der Waals surface area contributed by atoms with Crippen molar-refractivity contribution in [2.75, 3.05) is 6.61 Å². The summed E-state index contributed by atoms with van der Waals surface area (Å²) in [6.07, 6.45) is 3.63. The zero-order chi connectivity index (χ0) is 19.9. The van der Waals surface area contributed by atoms with E-state index in [2.05, 4.69) is 17.4 Å². The van der Waals surface area contributed by atoms with E-state index in [9.17, 15) is 9.90 Å². The molecule has 0 bridgehead atoms. The maximum atomic E-state index is 11.1. The Bertz CT molecular complexity index is 782. The van der Waals surface area contributed by atoms with Gasteiger partial charge >= 0.3 is 6.03 Å². The molecule has 2 unspecified atom stereocenters. The molecule has 0 heterocycles. The molecule has 0 spiro atoms. The van der Waals surface area contributed by atoms with Crippen LogP contribution in [-0.4, -0.2) is 23.8 Å². The highest BCUT2D eigenvalue weighted by molar-refractivity contribution is 5.72. The van der Waals surface area contributed by atoms with Crippen molar-refractivity contribution in [3.8, 4) is 5.75 Å². The van der Waals surface area contributed by atoms with Crippen molar-refractivity contribution in [1.82, 2.24) is 5.32 Å². The first-order valence-corrected chi connectivity index (χ1v) is 9.80. The Kier molecular flexibility index (Phi) is 6.90. The first kappa shape index (κ1) is 20.2. The highest BCUT2D eigenvalue weighted by Gasteiger charge is 2.21. The normalized spacial score (nSPS) is 18.4. The number of urea groups is 1. The molecule has 3 atom stereocenters. The minimum absolute atomic E-state index is 0.292. The number of nitrogens with two attached hydrogens (primary N) is 2. The van der Waals surface area contributed by atoms with Crippen LogP contribution in [0.15, 0.2) is 48.5 Å². The van der Waals surface area contributed by atoms with E-state index in [1.807, 2.05) is 36.4 Å². The van der Waals surface area contributed by atoms with Crippen molar-refractivity contribution < 1.29 is 14.6 Å². The van der Waals surface area contributed by atoms with Crippen LogP contribution in [0.2, 0.25) is 0 Å². The summed E-state index contributed by atoms with van der Waals surface area (Å²) < 4.78 is 5.68. The zero-order valence-electron chi connectivity index (χ0n) is 16.0. The number of para-hydroxylation sites is 1. The maximum absolute atomic E-state index is 11.1. The molecule has 0 saturated carbocycles. The average Bonchev–Trinajstić information content (AvgIpc) is 2.87. The Labute approximate surface area is 165 Å². The largest absolute Gasteiger partial charge is 0.491 e. The van der Waals surface area contributed by atoms with Gasteiger partial charge in [0.25, 0.3) is 0 Å². The molecule has 6 N–H and O–H groups in total. The lowest BCUT2D eigenvalue weighted by Crippen LogP contribution is -2.37. The summed E-state index contributed by atoms with van der Waals surface area (Å²) in [7, 11) is 0. The number of hydrogen-bond acceptors (Lipinski definition) is 4. The number of fused-ring (bicyclic) bond motifs is 1. The molecule has 6 heteroatoms. The van der Waals surface area contributed by atoms with Gasteiger partial charge < -0.3 is 26.6 Å². The summed E-state index contributed by atoms with van der Waals surface area (Å²) in [5.74, 6) is 1.15. The molecule has 0 saturated heterocycles. The molecule has 2 amide bonds. The number of carbonyl (C=O) groups excluding carboxylic acids is 1. The van der Waals surface area contributed by atoms with E-state index in [4.69, 9.17) is 16.2 Å². The molecular weight excluding hydrogens is 354 g/mol. The van der Waals surface area contributed by atoms with E-state index >= 15 is 0 Å². The van der Waals surface area contributed by atoms with Gasteiger partial charge in [-0.25, -0.2) is 4.79 Å². The number of ether oxygens (including phenoxy) is 1. The lowest BCUT2D eigenvalue weighted by atomic mass is 9.91. The van der Waals surface area contributed by atoms with Crippen LogP contribution in [0, 0.1) is 5.92 Å². The molecule has 2 aromatic carbocycles. The molecule has 150 valence electrons. The van der Waals surface area contributed by atoms with Crippen molar-refractivity contribution in [2.24, 2.45) is 17.4 Å². The molecular formula is C22H29N3O3. The number of amides is 2. The van der Waals surface area contributed by atoms with Crippen LogP contribution in [0.4, 0.5) is 4.79 Å². The Hall–Kier alpha value is -2.57. The number of hydrogen-bond donors (Lipinski definition) is 4. The van der Waals surface area contributed by atoms with Gasteiger partial charge in [0.15, 0.2) is 0 Å². The number of benzene rings is 2. The topological polar surface area (TPSA) is 111 Å². The lowest BCUT2D eigenvalue weighted by molar-refractivity contribution is 0.0833. The summed E-state index contributed by atoms with van der Waals surface area (Å²) in [6.45, 7) is 0.292. The second-order valence-corrected chi connectivity index (χ2v) is 7.49. The van der Waals surface area contributed by atoms with E-state index in [1.165, 1.54) is 11.1 Å². The number of nitrogens with one attached hydrogen (secondary N) is 1. The highest BCUT2D eigenvalue weighted by atomic mass is 16.5. The molecule has 0 aromatic heterocycles. The SMILES string of the molecule is NC(=O)NC(N)c1ccc2c(c1)CC(C[C@H](O)COc1ccccc1)CCC2. The van der Waals surface area contributed by atoms with Gasteiger partial charge in [-0.3, -0.25) is 0 Å². The third-order valence-corrected chi connectivity index (χ3v) is 5.25. The Morgan fingerprint density at radius 1 is 1.21 bits per heavy atom. The second-order valence-electron chi connectivity index (χ2n) is 7.49. The van der Waals surface area contributed by atoms with Crippen molar-refractivity contribution in [3.05, 3.63) is 65.2 Å². The van der Waals surface area contributed by atoms with E-state index < -0.39 is 18.3 Å². The molecule has 0 aliphatic heterocycles. The van der Waals surface area contributed by atoms with E-state index in [0.717, 1.165) is 37.0 Å². The van der Waals surface area contributed by atoms with Crippen LogP contribution in [0.3, 0.4) is 0 Å². The molecule has 2 aromatic rings. The van der Waals surface area contributed by atoms with Crippen LogP contribution < -0.4 is 21.5 Å². The number of primary amides is 1. The van der Waals surface area contributed by atoms with Crippen LogP contribution in [-0.2, 0) is 12.8 Å². The summed E-state index contributed by atoms with van der Waals surface area (Å²) in [4.78, 5) is 11.1. The summed E-state index contributed by atoms with van der Waals surface area (Å²) >= 11 is 0. The van der Waals surface area contributed by atoms with Crippen molar-refractivity contribution >= 4 is 6.03 Å². The maximum Gasteiger partial charge on any atom is 0.313 e. The van der Waals surface area contributed by atoms with Gasteiger partial charge in [-0.2, -0.15) is 0 Å². The fourth-order valence-electron chi connectivity index (χ4n) is 3.87. The number of rotatable bonds is 7. The molecule has 0 fully saturated rings. The van der Waals surface area contributed by atoms with Crippen molar-refractivity contribution in [2.45, 2.75) is 44.4 Å². The quantitative estimate of drug-likeness (QED) is 0.435. The minimum atomic E-state index is -0.637.